The van der Waals surface area contributed by atoms with Gasteiger partial charge in [-0.15, -0.1) is 24.0 Å². The molecule has 2 N–H and O–H groups in total. The average molecular weight is 477 g/mol. The number of halogens is 1. The van der Waals surface area contributed by atoms with Gasteiger partial charge in [0.15, 0.2) is 5.96 Å². The van der Waals surface area contributed by atoms with Crippen molar-refractivity contribution in [1.29, 1.82) is 0 Å². The predicted octanol–water partition coefficient (Wildman–Crippen LogP) is 2.78. The first-order valence-electron chi connectivity index (χ1n) is 9.01. The van der Waals surface area contributed by atoms with Crippen molar-refractivity contribution in [3.05, 3.63) is 29.8 Å². The number of ether oxygens (including phenoxy) is 3. The number of rotatable bonds is 9. The molecule has 7 heteroatoms. The molecule has 6 nitrogen and oxygen atoms in total. The molecule has 0 bridgehead atoms. The van der Waals surface area contributed by atoms with E-state index in [4.69, 9.17) is 14.2 Å². The van der Waals surface area contributed by atoms with E-state index in [1.807, 2.05) is 18.2 Å². The summed E-state index contributed by atoms with van der Waals surface area (Å²) in [5.74, 6) is 2.05. The van der Waals surface area contributed by atoms with E-state index in [0.717, 1.165) is 57.5 Å². The van der Waals surface area contributed by atoms with Crippen molar-refractivity contribution in [3.63, 3.8) is 0 Å². The van der Waals surface area contributed by atoms with Crippen LogP contribution >= 0.6 is 24.0 Å². The summed E-state index contributed by atoms with van der Waals surface area (Å²) in [4.78, 5) is 4.27. The standard InChI is InChI=1S/C19H31N3O3.HI/c1-15(17-7-4-5-8-18(17)23-3)13-22-19(20-2)21-10-6-11-25-16-9-12-24-14-16;/h4-5,7-8,15-16H,6,9-14H2,1-3H3,(H2,20,21,22);1H. The third-order valence-corrected chi connectivity index (χ3v) is 4.32. The van der Waals surface area contributed by atoms with Crippen LogP contribution in [0, 0.1) is 0 Å². The molecule has 26 heavy (non-hydrogen) atoms. The minimum atomic E-state index is 0. The highest BCUT2D eigenvalue weighted by molar-refractivity contribution is 14.0. The van der Waals surface area contributed by atoms with E-state index in [1.165, 1.54) is 5.56 Å². The van der Waals surface area contributed by atoms with E-state index in [0.29, 0.717) is 5.92 Å². The summed E-state index contributed by atoms with van der Waals surface area (Å²) >= 11 is 0. The highest BCUT2D eigenvalue weighted by Crippen LogP contribution is 2.25. The van der Waals surface area contributed by atoms with Gasteiger partial charge in [-0.3, -0.25) is 4.99 Å². The van der Waals surface area contributed by atoms with Crippen molar-refractivity contribution in [2.45, 2.75) is 31.8 Å². The van der Waals surface area contributed by atoms with Crippen LogP contribution in [0.5, 0.6) is 5.75 Å². The molecule has 0 radical (unpaired) electrons. The monoisotopic (exact) mass is 477 g/mol. The minimum Gasteiger partial charge on any atom is -0.496 e. The Labute approximate surface area is 174 Å². The summed E-state index contributed by atoms with van der Waals surface area (Å²) in [7, 11) is 3.49. The predicted molar refractivity (Wildman–Crippen MR) is 116 cm³/mol. The Balaban J connectivity index is 0.00000338. The zero-order valence-corrected chi connectivity index (χ0v) is 18.3. The van der Waals surface area contributed by atoms with Gasteiger partial charge in [0.2, 0.25) is 0 Å². The Morgan fingerprint density at radius 3 is 2.85 bits per heavy atom. The van der Waals surface area contributed by atoms with Crippen LogP contribution in [0.3, 0.4) is 0 Å². The second-order valence-corrected chi connectivity index (χ2v) is 6.23. The fourth-order valence-corrected chi connectivity index (χ4v) is 2.83. The highest BCUT2D eigenvalue weighted by Gasteiger charge is 2.15. The molecular formula is C19H32IN3O3. The van der Waals surface area contributed by atoms with Gasteiger partial charge in [-0.1, -0.05) is 25.1 Å². The molecule has 0 spiro atoms. The van der Waals surface area contributed by atoms with Crippen molar-refractivity contribution < 1.29 is 14.2 Å². The molecule has 148 valence electrons. The molecule has 2 atom stereocenters. The fourth-order valence-electron chi connectivity index (χ4n) is 2.83. The van der Waals surface area contributed by atoms with Crippen molar-refractivity contribution in [1.82, 2.24) is 10.6 Å². The Morgan fingerprint density at radius 1 is 1.35 bits per heavy atom. The van der Waals surface area contributed by atoms with Crippen LogP contribution < -0.4 is 15.4 Å². The number of hydrogen-bond acceptors (Lipinski definition) is 4. The molecule has 1 heterocycles. The van der Waals surface area contributed by atoms with Gasteiger partial charge in [0.25, 0.3) is 0 Å². The smallest absolute Gasteiger partial charge is 0.190 e. The molecule has 0 aromatic heterocycles. The van der Waals surface area contributed by atoms with E-state index in [2.05, 4.69) is 28.6 Å². The number of nitrogens with zero attached hydrogens (tertiary/aromatic N) is 1. The minimum absolute atomic E-state index is 0. The molecule has 0 amide bonds. The van der Waals surface area contributed by atoms with E-state index >= 15 is 0 Å². The molecule has 0 saturated carbocycles. The van der Waals surface area contributed by atoms with Crippen LogP contribution in [0.25, 0.3) is 0 Å². The lowest BCUT2D eigenvalue weighted by molar-refractivity contribution is 0.0420. The Bertz CT molecular complexity index is 537. The lowest BCUT2D eigenvalue weighted by Gasteiger charge is -2.18. The molecule has 1 saturated heterocycles. The van der Waals surface area contributed by atoms with Gasteiger partial charge in [-0.25, -0.2) is 0 Å². The van der Waals surface area contributed by atoms with Crippen molar-refractivity contribution in [2.24, 2.45) is 4.99 Å². The molecule has 1 fully saturated rings. The number of methoxy groups -OCH3 is 1. The zero-order valence-electron chi connectivity index (χ0n) is 16.0. The van der Waals surface area contributed by atoms with Crippen LogP contribution in [0.15, 0.2) is 29.3 Å². The van der Waals surface area contributed by atoms with Crippen molar-refractivity contribution in [3.8, 4) is 5.75 Å². The van der Waals surface area contributed by atoms with Gasteiger partial charge in [0.05, 0.1) is 19.8 Å². The molecule has 1 aliphatic rings. The molecule has 2 rings (SSSR count). The van der Waals surface area contributed by atoms with Gasteiger partial charge in [-0.05, 0) is 24.5 Å². The molecular weight excluding hydrogens is 445 g/mol. The quantitative estimate of drug-likeness (QED) is 0.248. The fraction of sp³-hybridized carbons (Fsp3) is 0.632. The van der Waals surface area contributed by atoms with E-state index in [1.54, 1.807) is 14.2 Å². The van der Waals surface area contributed by atoms with Crippen LogP contribution in [0.1, 0.15) is 31.2 Å². The summed E-state index contributed by atoms with van der Waals surface area (Å²) < 4.78 is 16.5. The molecule has 1 aromatic rings. The van der Waals surface area contributed by atoms with E-state index in [-0.39, 0.29) is 30.1 Å². The zero-order chi connectivity index (χ0) is 17.9. The number of nitrogens with one attached hydrogen (secondary N) is 2. The van der Waals surface area contributed by atoms with E-state index in [9.17, 15) is 0 Å². The summed E-state index contributed by atoms with van der Waals surface area (Å²) in [6.45, 7) is 6.10. The molecule has 1 aromatic carbocycles. The topological polar surface area (TPSA) is 64.1 Å². The maximum absolute atomic E-state index is 5.76. The summed E-state index contributed by atoms with van der Waals surface area (Å²) in [5, 5.41) is 6.70. The number of guanidine groups is 1. The third kappa shape index (κ3) is 7.67. The molecule has 1 aliphatic heterocycles. The number of hydrogen-bond donors (Lipinski definition) is 2. The van der Waals surface area contributed by atoms with Crippen molar-refractivity contribution in [2.75, 3.05) is 47.1 Å². The van der Waals surface area contributed by atoms with Crippen LogP contribution in [0.4, 0.5) is 0 Å². The first kappa shape index (κ1) is 23.0. The lowest BCUT2D eigenvalue weighted by Crippen LogP contribution is -2.39. The Kier molecular flexibility index (Phi) is 11.6. The van der Waals surface area contributed by atoms with Gasteiger partial charge < -0.3 is 24.8 Å². The third-order valence-electron chi connectivity index (χ3n) is 4.32. The van der Waals surface area contributed by atoms with E-state index < -0.39 is 0 Å². The number of benzene rings is 1. The highest BCUT2D eigenvalue weighted by atomic mass is 127. The lowest BCUT2D eigenvalue weighted by atomic mass is 10.0. The second kappa shape index (κ2) is 13.2. The maximum Gasteiger partial charge on any atom is 0.190 e. The summed E-state index contributed by atoms with van der Waals surface area (Å²) in [5.41, 5.74) is 1.19. The summed E-state index contributed by atoms with van der Waals surface area (Å²) in [6.07, 6.45) is 2.23. The number of aliphatic imine (C=N–C) groups is 1. The SMILES string of the molecule is CN=C(NCCCOC1CCOC1)NCC(C)c1ccccc1OC.I. The van der Waals surface area contributed by atoms with Gasteiger partial charge in [-0.2, -0.15) is 0 Å². The van der Waals surface area contributed by atoms with Gasteiger partial charge in [0, 0.05) is 39.3 Å². The largest absolute Gasteiger partial charge is 0.496 e. The maximum atomic E-state index is 5.76. The van der Waals surface area contributed by atoms with Gasteiger partial charge in [0.1, 0.15) is 5.75 Å². The second-order valence-electron chi connectivity index (χ2n) is 6.23. The Hall–Kier alpha value is -1.06. The Morgan fingerprint density at radius 2 is 2.15 bits per heavy atom. The number of para-hydroxylation sites is 1. The first-order chi connectivity index (χ1) is 12.2. The van der Waals surface area contributed by atoms with Crippen LogP contribution in [-0.2, 0) is 9.47 Å². The normalized spacial score (nSPS) is 18.1. The van der Waals surface area contributed by atoms with Gasteiger partial charge >= 0.3 is 0 Å². The average Bonchev–Trinajstić information content (AvgIpc) is 3.17. The molecule has 0 aliphatic carbocycles. The van der Waals surface area contributed by atoms with Crippen molar-refractivity contribution >= 4 is 29.9 Å². The first-order valence-corrected chi connectivity index (χ1v) is 9.01. The molecule has 2 unspecified atom stereocenters. The summed E-state index contributed by atoms with van der Waals surface area (Å²) in [6, 6.07) is 8.12. The van der Waals surface area contributed by atoms with Crippen LogP contribution in [-0.4, -0.2) is 59.1 Å². The van der Waals surface area contributed by atoms with Crippen LogP contribution in [0.2, 0.25) is 0 Å².